The smallest absolute Gasteiger partial charge is 0.232 e. The minimum absolute atomic E-state index is 0.0640. The van der Waals surface area contributed by atoms with Crippen LogP contribution >= 0.6 is 21.6 Å². The molecule has 0 radical (unpaired) electrons. The summed E-state index contributed by atoms with van der Waals surface area (Å²) in [4.78, 5) is 44.3. The van der Waals surface area contributed by atoms with E-state index >= 15 is 0 Å². The molecular weight excluding hydrogens is 573 g/mol. The highest BCUT2D eigenvalue weighted by Gasteiger charge is 2.13. The minimum atomic E-state index is 0.0640. The third-order valence-corrected chi connectivity index (χ3v) is 7.86. The van der Waals surface area contributed by atoms with Crippen molar-refractivity contribution in [1.29, 1.82) is 0 Å². The Balaban J connectivity index is 1.21. The lowest BCUT2D eigenvalue weighted by atomic mass is 10.3. The Morgan fingerprint density at radius 3 is 1.40 bits per heavy atom. The molecule has 16 heteroatoms. The van der Waals surface area contributed by atoms with E-state index in [0.717, 1.165) is 21.2 Å². The van der Waals surface area contributed by atoms with E-state index in [-0.39, 0.29) is 23.8 Å². The number of rotatable bonds is 9. The monoisotopic (exact) mass is 592 g/mol. The van der Waals surface area contributed by atoms with Crippen molar-refractivity contribution in [2.24, 2.45) is 0 Å². The maximum Gasteiger partial charge on any atom is 0.232 e. The molecule has 0 amide bonds. The Morgan fingerprint density at radius 1 is 0.524 bits per heavy atom. The van der Waals surface area contributed by atoms with Crippen molar-refractivity contribution in [2.45, 2.75) is 9.79 Å². The first-order valence-corrected chi connectivity index (χ1v) is 14.4. The van der Waals surface area contributed by atoms with Crippen molar-refractivity contribution in [2.75, 3.05) is 22.1 Å². The van der Waals surface area contributed by atoms with Gasteiger partial charge in [0.05, 0.1) is 23.8 Å². The quantitative estimate of drug-likeness (QED) is 0.171. The maximum absolute atomic E-state index is 5.96. The molecule has 4 heterocycles. The van der Waals surface area contributed by atoms with E-state index in [1.807, 2.05) is 48.5 Å². The van der Waals surface area contributed by atoms with Gasteiger partial charge in [-0.3, -0.25) is 9.97 Å². The highest BCUT2D eigenvalue weighted by molar-refractivity contribution is 8.76. The first-order chi connectivity index (χ1) is 20.6. The molecule has 0 aliphatic rings. The van der Waals surface area contributed by atoms with Gasteiger partial charge >= 0.3 is 0 Å². The normalized spacial score (nSPS) is 10.8. The number of nitrogens with one attached hydrogen (secondary N) is 2. The Morgan fingerprint density at radius 2 is 0.976 bits per heavy atom. The van der Waals surface area contributed by atoms with E-state index in [1.54, 1.807) is 58.8 Å². The van der Waals surface area contributed by atoms with Crippen molar-refractivity contribution in [1.82, 2.24) is 49.8 Å². The van der Waals surface area contributed by atoms with Gasteiger partial charge < -0.3 is 22.1 Å². The number of anilines is 6. The second-order valence-corrected chi connectivity index (χ2v) is 10.5. The van der Waals surface area contributed by atoms with Gasteiger partial charge in [-0.05, 0) is 24.3 Å². The van der Waals surface area contributed by atoms with Gasteiger partial charge in [0.2, 0.25) is 23.8 Å². The molecule has 0 atom stereocenters. The SMILES string of the molecule is Nc1nc(Nc2ccccc2SSc2ccccc2Nc2nc(N)nc(-c3cnccn3)n2)nc(-c2cnccn2)n1. The Bertz CT molecular complexity index is 1690. The molecule has 0 unspecified atom stereocenters. The van der Waals surface area contributed by atoms with Crippen LogP contribution in [0.4, 0.5) is 35.2 Å². The summed E-state index contributed by atoms with van der Waals surface area (Å²) in [5.41, 5.74) is 14.5. The molecule has 42 heavy (non-hydrogen) atoms. The van der Waals surface area contributed by atoms with Crippen molar-refractivity contribution >= 4 is 56.8 Å². The number of nitrogens with zero attached hydrogens (tertiary/aromatic N) is 10. The molecular formula is C26H20N14S2. The summed E-state index contributed by atoms with van der Waals surface area (Å²) in [7, 11) is 3.09. The lowest BCUT2D eigenvalue weighted by molar-refractivity contribution is 1.05. The summed E-state index contributed by atoms with van der Waals surface area (Å²) in [5.74, 6) is 1.34. The molecule has 0 fully saturated rings. The summed E-state index contributed by atoms with van der Waals surface area (Å²) >= 11 is 0. The van der Waals surface area contributed by atoms with Crippen molar-refractivity contribution in [3.8, 4) is 23.0 Å². The first-order valence-electron chi connectivity index (χ1n) is 12.2. The summed E-state index contributed by atoms with van der Waals surface area (Å²) in [6.45, 7) is 0. The van der Waals surface area contributed by atoms with E-state index in [1.165, 1.54) is 0 Å². The molecule has 6 rings (SSSR count). The largest absolute Gasteiger partial charge is 0.368 e. The van der Waals surface area contributed by atoms with Crippen LogP contribution in [-0.2, 0) is 0 Å². The van der Waals surface area contributed by atoms with Gasteiger partial charge in [0.25, 0.3) is 0 Å². The van der Waals surface area contributed by atoms with Crippen LogP contribution < -0.4 is 22.1 Å². The van der Waals surface area contributed by atoms with E-state index in [2.05, 4.69) is 60.5 Å². The number of hydrogen-bond donors (Lipinski definition) is 4. The topological polar surface area (TPSA) is 205 Å². The van der Waals surface area contributed by atoms with E-state index < -0.39 is 0 Å². The highest BCUT2D eigenvalue weighted by atomic mass is 33.1. The Labute approximate surface area is 246 Å². The molecule has 0 bridgehead atoms. The molecule has 0 aliphatic heterocycles. The fraction of sp³-hybridized carbons (Fsp3) is 0. The van der Waals surface area contributed by atoms with E-state index in [9.17, 15) is 0 Å². The van der Waals surface area contributed by atoms with Crippen LogP contribution in [0, 0.1) is 0 Å². The number of hydrogen-bond acceptors (Lipinski definition) is 16. The molecule has 0 saturated heterocycles. The van der Waals surface area contributed by atoms with Gasteiger partial charge in [0.15, 0.2) is 11.6 Å². The van der Waals surface area contributed by atoms with Crippen LogP contribution in [0.5, 0.6) is 0 Å². The average Bonchev–Trinajstić information content (AvgIpc) is 3.02. The molecule has 6 N–H and O–H groups in total. The zero-order valence-corrected chi connectivity index (χ0v) is 23.2. The molecule has 0 saturated carbocycles. The van der Waals surface area contributed by atoms with Gasteiger partial charge in [-0.25, -0.2) is 9.97 Å². The molecule has 14 nitrogen and oxygen atoms in total. The lowest BCUT2D eigenvalue weighted by Crippen LogP contribution is -2.06. The van der Waals surface area contributed by atoms with Gasteiger partial charge in [-0.15, -0.1) is 0 Å². The second-order valence-electron chi connectivity index (χ2n) is 8.27. The average molecular weight is 593 g/mol. The number of benzene rings is 2. The van der Waals surface area contributed by atoms with Crippen LogP contribution in [0.1, 0.15) is 0 Å². The second kappa shape index (κ2) is 12.4. The molecule has 6 aromatic rings. The maximum atomic E-state index is 5.96. The first kappa shape index (κ1) is 26.7. The van der Waals surface area contributed by atoms with Crippen LogP contribution in [0.15, 0.2) is 95.5 Å². The van der Waals surface area contributed by atoms with E-state index in [0.29, 0.717) is 23.0 Å². The molecule has 206 valence electrons. The van der Waals surface area contributed by atoms with Crippen molar-refractivity contribution in [3.05, 3.63) is 85.7 Å². The zero-order chi connectivity index (χ0) is 28.7. The molecule has 2 aromatic carbocycles. The number of aromatic nitrogens is 10. The van der Waals surface area contributed by atoms with Crippen molar-refractivity contribution in [3.63, 3.8) is 0 Å². The predicted molar refractivity (Wildman–Crippen MR) is 162 cm³/mol. The number of nitrogens with two attached hydrogens (primary N) is 2. The third kappa shape index (κ3) is 6.45. The van der Waals surface area contributed by atoms with Gasteiger partial charge in [0, 0.05) is 34.6 Å². The lowest BCUT2D eigenvalue weighted by Gasteiger charge is -2.13. The van der Waals surface area contributed by atoms with E-state index in [4.69, 9.17) is 11.5 Å². The van der Waals surface area contributed by atoms with Crippen LogP contribution in [-0.4, -0.2) is 49.8 Å². The van der Waals surface area contributed by atoms with Crippen molar-refractivity contribution < 1.29 is 0 Å². The fourth-order valence-corrected chi connectivity index (χ4v) is 5.85. The Kier molecular flexibility index (Phi) is 7.87. The highest BCUT2D eigenvalue weighted by Crippen LogP contribution is 2.44. The molecule has 0 aliphatic carbocycles. The molecule has 0 spiro atoms. The number of nitrogen functional groups attached to an aromatic ring is 2. The van der Waals surface area contributed by atoms with Gasteiger partial charge in [-0.1, -0.05) is 45.9 Å². The van der Waals surface area contributed by atoms with Gasteiger partial charge in [0.1, 0.15) is 11.4 Å². The minimum Gasteiger partial charge on any atom is -0.368 e. The van der Waals surface area contributed by atoms with Crippen LogP contribution in [0.25, 0.3) is 23.0 Å². The summed E-state index contributed by atoms with van der Waals surface area (Å²) in [6, 6.07) is 15.6. The standard InChI is InChI=1S/C26H20N14S2/c27-23-35-21(17-13-29-9-11-31-17)37-25(39-23)33-15-5-1-3-7-19(15)41-42-20-8-4-2-6-16(20)34-26-38-22(36-24(28)40-26)18-14-30-10-12-32-18/h1-14H,(H3,27,33,35,37,39)(H3,28,34,36,38,40). The van der Waals surface area contributed by atoms with Crippen LogP contribution in [0.2, 0.25) is 0 Å². The fourth-order valence-electron chi connectivity index (χ4n) is 3.57. The van der Waals surface area contributed by atoms with Crippen LogP contribution in [0.3, 0.4) is 0 Å². The zero-order valence-electron chi connectivity index (χ0n) is 21.5. The third-order valence-electron chi connectivity index (χ3n) is 5.38. The summed E-state index contributed by atoms with van der Waals surface area (Å²) < 4.78 is 0. The van der Waals surface area contributed by atoms with Gasteiger partial charge in [-0.2, -0.15) is 29.9 Å². The number of para-hydroxylation sites is 2. The summed E-state index contributed by atoms with van der Waals surface area (Å²) in [6.07, 6.45) is 9.39. The Hall–Kier alpha value is -5.48. The summed E-state index contributed by atoms with van der Waals surface area (Å²) in [5, 5.41) is 6.50. The predicted octanol–water partition coefficient (Wildman–Crippen LogP) is 4.42. The molecule has 4 aromatic heterocycles.